The second-order valence-electron chi connectivity index (χ2n) is 10.2. The van der Waals surface area contributed by atoms with Gasteiger partial charge >= 0.3 is 0 Å². The van der Waals surface area contributed by atoms with Crippen LogP contribution >= 0.6 is 0 Å². The van der Waals surface area contributed by atoms with Gasteiger partial charge in [-0.15, -0.1) is 5.10 Å². The number of piperazine rings is 1. The number of amides is 1. The summed E-state index contributed by atoms with van der Waals surface area (Å²) in [5.41, 5.74) is 2.23. The number of nitrogens with zero attached hydrogens (tertiary/aromatic N) is 5. The Kier molecular flexibility index (Phi) is 7.04. The molecule has 2 aromatic rings. The molecule has 5 heterocycles. The van der Waals surface area contributed by atoms with Gasteiger partial charge in [0.15, 0.2) is 0 Å². The number of unbranched alkanes of at least 4 members (excludes halogenated alkanes) is 1. The fraction of sp³-hybridized carbons (Fsp3) is 0.654. The highest BCUT2D eigenvalue weighted by Gasteiger charge is 2.48. The van der Waals surface area contributed by atoms with Gasteiger partial charge < -0.3 is 19.4 Å². The maximum absolute atomic E-state index is 13.5. The van der Waals surface area contributed by atoms with Crippen LogP contribution in [-0.4, -0.2) is 78.2 Å². The summed E-state index contributed by atoms with van der Waals surface area (Å²) in [6.45, 7) is 8.57. The van der Waals surface area contributed by atoms with Crippen molar-refractivity contribution in [2.45, 2.75) is 51.6 Å². The normalized spacial score (nSPS) is 26.6. The van der Waals surface area contributed by atoms with Crippen molar-refractivity contribution in [3.05, 3.63) is 36.2 Å². The lowest BCUT2D eigenvalue weighted by molar-refractivity contribution is -0.945. The Bertz CT molecular complexity index is 970. The van der Waals surface area contributed by atoms with Crippen molar-refractivity contribution in [2.75, 3.05) is 51.3 Å². The molecular weight excluding hydrogens is 428 g/mol. The van der Waals surface area contributed by atoms with Crippen LogP contribution in [0.3, 0.4) is 0 Å². The molecule has 1 unspecified atom stereocenters. The van der Waals surface area contributed by atoms with Crippen molar-refractivity contribution in [3.8, 4) is 5.75 Å². The van der Waals surface area contributed by atoms with E-state index in [0.29, 0.717) is 17.9 Å². The molecule has 34 heavy (non-hydrogen) atoms. The SMILES string of the molecule is CCCCc1cn(C[C@H]2C[C@H]3CC[NH+]2C[C@@H]3C(=O)N2CCN(c3ccccc3OC)CC2)nn1. The van der Waals surface area contributed by atoms with Gasteiger partial charge in [-0.05, 0) is 30.9 Å². The summed E-state index contributed by atoms with van der Waals surface area (Å²) in [4.78, 5) is 19.6. The molecule has 4 aliphatic heterocycles. The number of aromatic nitrogens is 3. The minimum Gasteiger partial charge on any atom is -0.495 e. The first-order chi connectivity index (χ1) is 16.7. The molecule has 0 saturated carbocycles. The predicted octanol–water partition coefficient (Wildman–Crippen LogP) is 1.27. The number of rotatable bonds is 8. The first kappa shape index (κ1) is 23.1. The van der Waals surface area contributed by atoms with Crippen LogP contribution in [0.4, 0.5) is 5.69 Å². The van der Waals surface area contributed by atoms with Gasteiger partial charge in [0.05, 0.1) is 44.0 Å². The topological polar surface area (TPSA) is 67.9 Å². The summed E-state index contributed by atoms with van der Waals surface area (Å²) < 4.78 is 7.58. The number of carbonyl (C=O) groups excluding carboxylic acids is 1. The Hall–Kier alpha value is -2.61. The second-order valence-corrected chi connectivity index (χ2v) is 10.2. The predicted molar refractivity (Wildman–Crippen MR) is 131 cm³/mol. The summed E-state index contributed by atoms with van der Waals surface area (Å²) in [6, 6.07) is 8.71. The lowest BCUT2D eigenvalue weighted by Crippen LogP contribution is -3.20. The summed E-state index contributed by atoms with van der Waals surface area (Å²) in [5.74, 6) is 1.96. The number of methoxy groups -OCH3 is 1. The number of hydrogen-bond acceptors (Lipinski definition) is 5. The summed E-state index contributed by atoms with van der Waals surface area (Å²) in [6.07, 6.45) is 7.78. The number of anilines is 1. The van der Waals surface area contributed by atoms with E-state index in [-0.39, 0.29) is 5.92 Å². The molecule has 4 saturated heterocycles. The molecule has 0 aliphatic carbocycles. The van der Waals surface area contributed by atoms with Crippen LogP contribution in [0.2, 0.25) is 0 Å². The lowest BCUT2D eigenvalue weighted by atomic mass is 9.75. The lowest BCUT2D eigenvalue weighted by Gasteiger charge is -2.47. The van der Waals surface area contributed by atoms with Crippen LogP contribution in [-0.2, 0) is 17.8 Å². The van der Waals surface area contributed by atoms with Gasteiger partial charge in [0.1, 0.15) is 11.8 Å². The van der Waals surface area contributed by atoms with Crippen LogP contribution in [0.15, 0.2) is 30.5 Å². The van der Waals surface area contributed by atoms with Crippen LogP contribution in [0.25, 0.3) is 0 Å². The number of fused-ring (bicyclic) bond motifs is 3. The van der Waals surface area contributed by atoms with Gasteiger partial charge in [-0.3, -0.25) is 4.79 Å². The molecule has 0 radical (unpaired) electrons. The molecule has 1 aromatic heterocycles. The maximum Gasteiger partial charge on any atom is 0.231 e. The average Bonchev–Trinajstić information content (AvgIpc) is 3.34. The number of carbonyl (C=O) groups is 1. The van der Waals surface area contributed by atoms with Gasteiger partial charge in [0.25, 0.3) is 0 Å². The largest absolute Gasteiger partial charge is 0.495 e. The summed E-state index contributed by atoms with van der Waals surface area (Å²) >= 11 is 0. The third-order valence-electron chi connectivity index (χ3n) is 8.17. The van der Waals surface area contributed by atoms with E-state index in [1.54, 1.807) is 12.0 Å². The van der Waals surface area contributed by atoms with Crippen LogP contribution in [0, 0.1) is 11.8 Å². The first-order valence-electron chi connectivity index (χ1n) is 13.1. The van der Waals surface area contributed by atoms with Crippen LogP contribution in [0.1, 0.15) is 38.3 Å². The Labute approximate surface area is 202 Å². The van der Waals surface area contributed by atoms with Crippen LogP contribution < -0.4 is 14.5 Å². The van der Waals surface area contributed by atoms with E-state index in [0.717, 1.165) is 69.2 Å². The average molecular weight is 468 g/mol. The summed E-state index contributed by atoms with van der Waals surface area (Å²) in [7, 11) is 1.72. The standard InChI is InChI=1S/C26H38N6O2/c1-3-4-7-21-17-32(28-27-21)18-22-16-20-10-11-31(22)19-23(20)26(33)30-14-12-29(13-15-30)24-8-5-6-9-25(24)34-2/h5-6,8-9,17,20,22-23H,3-4,7,10-16,18-19H2,1-2H3/p+1/t20-,22-,23+/m1/s1. The number of quaternary nitrogens is 1. The monoisotopic (exact) mass is 467 g/mol. The highest BCUT2D eigenvalue weighted by atomic mass is 16.5. The molecule has 4 aliphatic rings. The highest BCUT2D eigenvalue weighted by Crippen LogP contribution is 2.31. The van der Waals surface area contributed by atoms with Gasteiger partial charge in [-0.1, -0.05) is 30.7 Å². The quantitative estimate of drug-likeness (QED) is 0.633. The molecule has 0 spiro atoms. The van der Waals surface area contributed by atoms with E-state index in [1.807, 2.05) is 22.9 Å². The number of aryl methyl sites for hydroxylation is 1. The Morgan fingerprint density at radius 3 is 2.76 bits per heavy atom. The van der Waals surface area contributed by atoms with E-state index in [2.05, 4.69) is 39.3 Å². The summed E-state index contributed by atoms with van der Waals surface area (Å²) in [5, 5.41) is 8.74. The van der Waals surface area contributed by atoms with Gasteiger partial charge in [0.2, 0.25) is 5.91 Å². The zero-order valence-corrected chi connectivity index (χ0v) is 20.7. The van der Waals surface area contributed by atoms with Crippen molar-refractivity contribution in [1.82, 2.24) is 19.9 Å². The molecule has 2 bridgehead atoms. The number of ether oxygens (including phenoxy) is 1. The molecule has 4 fully saturated rings. The third kappa shape index (κ3) is 4.78. The smallest absolute Gasteiger partial charge is 0.231 e. The maximum atomic E-state index is 13.5. The van der Waals surface area contributed by atoms with E-state index < -0.39 is 0 Å². The number of piperidine rings is 3. The molecule has 8 nitrogen and oxygen atoms in total. The number of nitrogens with one attached hydrogen (secondary N) is 1. The van der Waals surface area contributed by atoms with E-state index >= 15 is 0 Å². The van der Waals surface area contributed by atoms with Crippen molar-refractivity contribution in [3.63, 3.8) is 0 Å². The van der Waals surface area contributed by atoms with Crippen molar-refractivity contribution in [1.29, 1.82) is 0 Å². The minimum absolute atomic E-state index is 0.175. The molecule has 184 valence electrons. The zero-order valence-electron chi connectivity index (χ0n) is 20.7. The Morgan fingerprint density at radius 1 is 1.21 bits per heavy atom. The third-order valence-corrected chi connectivity index (χ3v) is 8.17. The molecule has 4 atom stereocenters. The van der Waals surface area contributed by atoms with Gasteiger partial charge in [0, 0.05) is 45.2 Å². The molecular formula is C26H39N6O2+. The van der Waals surface area contributed by atoms with E-state index in [9.17, 15) is 4.79 Å². The van der Waals surface area contributed by atoms with Crippen molar-refractivity contribution in [2.24, 2.45) is 11.8 Å². The Morgan fingerprint density at radius 2 is 2.03 bits per heavy atom. The van der Waals surface area contributed by atoms with E-state index in [1.165, 1.54) is 25.8 Å². The fourth-order valence-corrected chi connectivity index (χ4v) is 6.22. The molecule has 1 N–H and O–H groups in total. The molecule has 1 aromatic carbocycles. The number of hydrogen-bond donors (Lipinski definition) is 1. The minimum atomic E-state index is 0.175. The first-order valence-corrected chi connectivity index (χ1v) is 13.1. The van der Waals surface area contributed by atoms with E-state index in [4.69, 9.17) is 4.74 Å². The Balaban J connectivity index is 1.15. The molecule has 8 heteroatoms. The second kappa shape index (κ2) is 10.3. The van der Waals surface area contributed by atoms with Gasteiger partial charge in [-0.25, -0.2) is 4.68 Å². The molecule has 1 amide bonds. The number of para-hydroxylation sites is 2. The highest BCUT2D eigenvalue weighted by molar-refractivity contribution is 5.80. The number of benzene rings is 1. The van der Waals surface area contributed by atoms with Crippen molar-refractivity contribution >= 4 is 11.6 Å². The zero-order chi connectivity index (χ0) is 23.5. The van der Waals surface area contributed by atoms with Gasteiger partial charge in [-0.2, -0.15) is 0 Å². The van der Waals surface area contributed by atoms with Crippen molar-refractivity contribution < 1.29 is 14.4 Å². The van der Waals surface area contributed by atoms with Crippen LogP contribution in [0.5, 0.6) is 5.75 Å². The fourth-order valence-electron chi connectivity index (χ4n) is 6.22. The molecule has 6 rings (SSSR count).